The summed E-state index contributed by atoms with van der Waals surface area (Å²) >= 11 is 0. The van der Waals surface area contributed by atoms with E-state index in [0.717, 1.165) is 5.69 Å². The third kappa shape index (κ3) is 3.49. The predicted molar refractivity (Wildman–Crippen MR) is 73.8 cm³/mol. The number of terminal acetylenes is 1. The highest BCUT2D eigenvalue weighted by Crippen LogP contribution is 2.17. The molecule has 1 rings (SSSR count). The zero-order valence-corrected chi connectivity index (χ0v) is 11.7. The van der Waals surface area contributed by atoms with Crippen molar-refractivity contribution in [3.8, 4) is 12.3 Å². The molecular weight excluding hydrogens is 248 g/mol. The quantitative estimate of drug-likeness (QED) is 0.826. The van der Waals surface area contributed by atoms with Gasteiger partial charge < -0.3 is 5.32 Å². The highest BCUT2D eigenvalue weighted by Gasteiger charge is 2.16. The second-order valence-corrected chi connectivity index (χ2v) is 6.42. The van der Waals surface area contributed by atoms with Crippen LogP contribution in [0, 0.1) is 12.3 Å². The molecule has 0 aliphatic carbocycles. The van der Waals surface area contributed by atoms with Crippen LogP contribution in [-0.2, 0) is 10.0 Å². The summed E-state index contributed by atoms with van der Waals surface area (Å²) < 4.78 is 24.9. The van der Waals surface area contributed by atoms with Gasteiger partial charge in [0.1, 0.15) is 0 Å². The molecule has 18 heavy (non-hydrogen) atoms. The van der Waals surface area contributed by atoms with Gasteiger partial charge in [0.2, 0.25) is 10.0 Å². The maximum Gasteiger partial charge on any atom is 0.242 e. The van der Waals surface area contributed by atoms with E-state index in [9.17, 15) is 8.42 Å². The van der Waals surface area contributed by atoms with Gasteiger partial charge in [0, 0.05) is 32.2 Å². The van der Waals surface area contributed by atoms with Crippen LogP contribution in [0.15, 0.2) is 29.2 Å². The van der Waals surface area contributed by atoms with Crippen molar-refractivity contribution in [1.82, 2.24) is 4.31 Å². The van der Waals surface area contributed by atoms with Crippen LogP contribution in [0.1, 0.15) is 13.3 Å². The van der Waals surface area contributed by atoms with Crippen molar-refractivity contribution in [3.05, 3.63) is 24.3 Å². The normalized spacial score (nSPS) is 13.1. The molecule has 4 nitrogen and oxygen atoms in total. The number of hydrogen-bond acceptors (Lipinski definition) is 3. The first kappa shape index (κ1) is 14.6. The van der Waals surface area contributed by atoms with Gasteiger partial charge in [0.05, 0.1) is 4.90 Å². The Bertz CT molecular complexity index is 527. The molecule has 0 aliphatic rings. The van der Waals surface area contributed by atoms with Crippen LogP contribution in [0.5, 0.6) is 0 Å². The van der Waals surface area contributed by atoms with Gasteiger partial charge in [0.15, 0.2) is 0 Å². The van der Waals surface area contributed by atoms with E-state index in [1.165, 1.54) is 18.4 Å². The summed E-state index contributed by atoms with van der Waals surface area (Å²) in [5, 5.41) is 3.20. The fraction of sp³-hybridized carbons (Fsp3) is 0.385. The minimum absolute atomic E-state index is 0.159. The lowest BCUT2D eigenvalue weighted by Gasteiger charge is -2.14. The summed E-state index contributed by atoms with van der Waals surface area (Å²) in [6, 6.07) is 6.80. The summed E-state index contributed by atoms with van der Waals surface area (Å²) in [5.74, 6) is 2.57. The third-order valence-corrected chi connectivity index (χ3v) is 4.30. The molecule has 0 spiro atoms. The summed E-state index contributed by atoms with van der Waals surface area (Å²) in [7, 11) is -0.338. The van der Waals surface area contributed by atoms with E-state index in [2.05, 4.69) is 11.2 Å². The molecule has 1 unspecified atom stereocenters. The molecule has 1 N–H and O–H groups in total. The van der Waals surface area contributed by atoms with Crippen molar-refractivity contribution in [2.24, 2.45) is 0 Å². The van der Waals surface area contributed by atoms with Crippen LogP contribution in [0.3, 0.4) is 0 Å². The number of rotatable bonds is 5. The highest BCUT2D eigenvalue weighted by molar-refractivity contribution is 7.89. The van der Waals surface area contributed by atoms with Gasteiger partial charge in [-0.3, -0.25) is 0 Å². The Hall–Kier alpha value is -1.51. The van der Waals surface area contributed by atoms with E-state index in [1.807, 2.05) is 6.92 Å². The van der Waals surface area contributed by atoms with Crippen molar-refractivity contribution in [3.63, 3.8) is 0 Å². The maximum absolute atomic E-state index is 11.8. The van der Waals surface area contributed by atoms with Crippen molar-refractivity contribution in [2.75, 3.05) is 19.4 Å². The van der Waals surface area contributed by atoms with E-state index in [4.69, 9.17) is 6.42 Å². The van der Waals surface area contributed by atoms with E-state index in [1.54, 1.807) is 24.3 Å². The molecule has 0 bridgehead atoms. The second-order valence-electron chi connectivity index (χ2n) is 4.27. The van der Waals surface area contributed by atoms with Crippen molar-refractivity contribution >= 4 is 15.7 Å². The SMILES string of the molecule is C#CCC(C)Nc1ccc(S(=O)(=O)N(C)C)cc1. The Morgan fingerprint density at radius 1 is 1.33 bits per heavy atom. The molecule has 0 heterocycles. The lowest BCUT2D eigenvalue weighted by atomic mass is 10.2. The van der Waals surface area contributed by atoms with Crippen LogP contribution >= 0.6 is 0 Å². The molecule has 0 amide bonds. The lowest BCUT2D eigenvalue weighted by Crippen LogP contribution is -2.22. The smallest absolute Gasteiger partial charge is 0.242 e. The minimum Gasteiger partial charge on any atom is -0.382 e. The number of anilines is 1. The van der Waals surface area contributed by atoms with E-state index < -0.39 is 10.0 Å². The average Bonchev–Trinajstić information content (AvgIpc) is 2.29. The molecule has 1 aromatic carbocycles. The van der Waals surface area contributed by atoms with Gasteiger partial charge in [-0.15, -0.1) is 12.3 Å². The van der Waals surface area contributed by atoms with Crippen molar-refractivity contribution in [1.29, 1.82) is 0 Å². The molecule has 1 aromatic rings. The molecule has 0 saturated heterocycles. The molecule has 0 radical (unpaired) electrons. The monoisotopic (exact) mass is 266 g/mol. The fourth-order valence-corrected chi connectivity index (χ4v) is 2.35. The summed E-state index contributed by atoms with van der Waals surface area (Å²) in [5.41, 5.74) is 0.857. The number of sulfonamides is 1. The Morgan fingerprint density at radius 2 is 1.89 bits per heavy atom. The average molecular weight is 266 g/mol. The Labute approximate surface area is 109 Å². The standard InChI is InChI=1S/C13H18N2O2S/c1-5-6-11(2)14-12-7-9-13(10-8-12)18(16,17)15(3)4/h1,7-11,14H,6H2,2-4H3. The van der Waals surface area contributed by atoms with Crippen molar-refractivity contribution < 1.29 is 8.42 Å². The Balaban J connectivity index is 2.85. The zero-order valence-electron chi connectivity index (χ0n) is 10.8. The number of nitrogens with zero attached hydrogens (tertiary/aromatic N) is 1. The number of nitrogens with one attached hydrogen (secondary N) is 1. The highest BCUT2D eigenvalue weighted by atomic mass is 32.2. The Kier molecular flexibility index (Phi) is 4.76. The van der Waals surface area contributed by atoms with Gasteiger partial charge in [-0.2, -0.15) is 0 Å². The second kappa shape index (κ2) is 5.89. The molecule has 0 aromatic heterocycles. The van der Waals surface area contributed by atoms with Gasteiger partial charge in [0.25, 0.3) is 0 Å². The third-order valence-electron chi connectivity index (χ3n) is 2.47. The van der Waals surface area contributed by atoms with Crippen LogP contribution in [-0.4, -0.2) is 32.9 Å². The molecule has 98 valence electrons. The first-order valence-corrected chi connectivity index (χ1v) is 7.04. The van der Waals surface area contributed by atoms with Gasteiger partial charge in [-0.05, 0) is 31.2 Å². The van der Waals surface area contributed by atoms with E-state index in [-0.39, 0.29) is 10.9 Å². The molecule has 0 saturated carbocycles. The van der Waals surface area contributed by atoms with Gasteiger partial charge >= 0.3 is 0 Å². The van der Waals surface area contributed by atoms with Crippen molar-refractivity contribution in [2.45, 2.75) is 24.3 Å². The van der Waals surface area contributed by atoms with Crippen LogP contribution in [0.25, 0.3) is 0 Å². The Morgan fingerprint density at radius 3 is 2.33 bits per heavy atom. The number of benzene rings is 1. The summed E-state index contributed by atoms with van der Waals surface area (Å²) in [6.07, 6.45) is 5.85. The van der Waals surface area contributed by atoms with Crippen LogP contribution in [0.4, 0.5) is 5.69 Å². The molecule has 0 fully saturated rings. The van der Waals surface area contributed by atoms with Gasteiger partial charge in [-0.1, -0.05) is 0 Å². The van der Waals surface area contributed by atoms with Crippen LogP contribution < -0.4 is 5.32 Å². The molecule has 5 heteroatoms. The first-order valence-electron chi connectivity index (χ1n) is 5.60. The summed E-state index contributed by atoms with van der Waals surface area (Å²) in [4.78, 5) is 0.280. The maximum atomic E-state index is 11.8. The van der Waals surface area contributed by atoms with E-state index in [0.29, 0.717) is 6.42 Å². The molecular formula is C13H18N2O2S. The first-order chi connectivity index (χ1) is 8.37. The number of hydrogen-bond donors (Lipinski definition) is 1. The minimum atomic E-state index is -3.36. The molecule has 0 aliphatic heterocycles. The summed E-state index contributed by atoms with van der Waals surface area (Å²) in [6.45, 7) is 1.98. The van der Waals surface area contributed by atoms with Crippen LogP contribution in [0.2, 0.25) is 0 Å². The van der Waals surface area contributed by atoms with E-state index >= 15 is 0 Å². The van der Waals surface area contributed by atoms with Gasteiger partial charge in [-0.25, -0.2) is 12.7 Å². The predicted octanol–water partition coefficient (Wildman–Crippen LogP) is 1.76. The lowest BCUT2D eigenvalue weighted by molar-refractivity contribution is 0.521. The topological polar surface area (TPSA) is 49.4 Å². The molecule has 1 atom stereocenters. The zero-order chi connectivity index (χ0) is 13.8. The largest absolute Gasteiger partial charge is 0.382 e. The fourth-order valence-electron chi connectivity index (χ4n) is 1.45.